The SMILES string of the molecule is CSc1nc(NCC(C)C)c2cnn(CCNC(=O)c3ccco3)c2n1. The first-order chi connectivity index (χ1) is 12.6. The first-order valence-electron chi connectivity index (χ1n) is 8.41. The van der Waals surface area contributed by atoms with Gasteiger partial charge in [-0.25, -0.2) is 14.6 Å². The molecular weight excluding hydrogens is 352 g/mol. The van der Waals surface area contributed by atoms with Crippen LogP contribution in [0, 0.1) is 5.92 Å². The Kier molecular flexibility index (Phi) is 5.77. The second-order valence-corrected chi connectivity index (χ2v) is 6.95. The highest BCUT2D eigenvalue weighted by Crippen LogP contribution is 2.23. The highest BCUT2D eigenvalue weighted by molar-refractivity contribution is 7.98. The average molecular weight is 374 g/mol. The van der Waals surface area contributed by atoms with Crippen molar-refractivity contribution >= 4 is 34.5 Å². The topological polar surface area (TPSA) is 97.9 Å². The molecule has 0 radical (unpaired) electrons. The van der Waals surface area contributed by atoms with E-state index in [4.69, 9.17) is 4.42 Å². The summed E-state index contributed by atoms with van der Waals surface area (Å²) in [6, 6.07) is 3.31. The van der Waals surface area contributed by atoms with Gasteiger partial charge in [-0.3, -0.25) is 4.79 Å². The molecule has 9 heteroatoms. The molecule has 0 aromatic carbocycles. The molecule has 0 aliphatic heterocycles. The maximum atomic E-state index is 11.9. The van der Waals surface area contributed by atoms with Crippen LogP contribution in [0.5, 0.6) is 0 Å². The highest BCUT2D eigenvalue weighted by Gasteiger charge is 2.14. The van der Waals surface area contributed by atoms with E-state index in [9.17, 15) is 4.79 Å². The third kappa shape index (κ3) is 4.16. The quantitative estimate of drug-likeness (QED) is 0.462. The molecule has 0 bridgehead atoms. The lowest BCUT2D eigenvalue weighted by atomic mass is 10.2. The van der Waals surface area contributed by atoms with Crippen molar-refractivity contribution in [3.63, 3.8) is 0 Å². The van der Waals surface area contributed by atoms with Crippen LogP contribution in [0.2, 0.25) is 0 Å². The maximum Gasteiger partial charge on any atom is 0.287 e. The number of rotatable bonds is 8. The monoisotopic (exact) mass is 374 g/mol. The molecule has 0 unspecified atom stereocenters. The van der Waals surface area contributed by atoms with E-state index in [2.05, 4.69) is 39.5 Å². The van der Waals surface area contributed by atoms with Crippen molar-refractivity contribution < 1.29 is 9.21 Å². The van der Waals surface area contributed by atoms with E-state index in [0.717, 1.165) is 23.4 Å². The van der Waals surface area contributed by atoms with E-state index >= 15 is 0 Å². The van der Waals surface area contributed by atoms with Gasteiger partial charge in [-0.05, 0) is 24.3 Å². The number of amides is 1. The lowest BCUT2D eigenvalue weighted by Gasteiger charge is -2.10. The van der Waals surface area contributed by atoms with Gasteiger partial charge >= 0.3 is 0 Å². The Morgan fingerprint density at radius 1 is 1.38 bits per heavy atom. The van der Waals surface area contributed by atoms with E-state index in [-0.39, 0.29) is 5.91 Å². The molecule has 0 aliphatic rings. The van der Waals surface area contributed by atoms with Crippen molar-refractivity contribution in [2.45, 2.75) is 25.5 Å². The number of anilines is 1. The molecule has 0 spiro atoms. The van der Waals surface area contributed by atoms with E-state index < -0.39 is 0 Å². The smallest absolute Gasteiger partial charge is 0.287 e. The van der Waals surface area contributed by atoms with Crippen LogP contribution >= 0.6 is 11.8 Å². The van der Waals surface area contributed by atoms with Crippen molar-refractivity contribution in [3.8, 4) is 0 Å². The number of nitrogens with zero attached hydrogens (tertiary/aromatic N) is 4. The number of thioether (sulfide) groups is 1. The molecule has 0 saturated heterocycles. The van der Waals surface area contributed by atoms with Gasteiger partial charge in [0, 0.05) is 13.1 Å². The van der Waals surface area contributed by atoms with E-state index in [1.165, 1.54) is 18.0 Å². The Labute approximate surface area is 155 Å². The number of hydrogen-bond acceptors (Lipinski definition) is 7. The Morgan fingerprint density at radius 3 is 2.92 bits per heavy atom. The van der Waals surface area contributed by atoms with Crippen LogP contribution in [0.15, 0.2) is 34.2 Å². The minimum absolute atomic E-state index is 0.245. The molecule has 1 amide bonds. The molecule has 3 rings (SSSR count). The lowest BCUT2D eigenvalue weighted by molar-refractivity contribution is 0.0924. The molecule has 0 atom stereocenters. The standard InChI is InChI=1S/C17H22N6O2S/c1-11(2)9-19-14-12-10-20-23(15(12)22-17(21-14)26-3)7-6-18-16(24)13-5-4-8-25-13/h4-5,8,10-11H,6-7,9H2,1-3H3,(H,18,24)(H,19,21,22). The molecule has 0 fully saturated rings. The number of carbonyl (C=O) groups is 1. The maximum absolute atomic E-state index is 11.9. The largest absolute Gasteiger partial charge is 0.459 e. The van der Waals surface area contributed by atoms with Gasteiger partial charge in [0.05, 0.1) is 24.4 Å². The zero-order valence-corrected chi connectivity index (χ0v) is 15.8. The summed E-state index contributed by atoms with van der Waals surface area (Å²) < 4.78 is 6.86. The normalized spacial score (nSPS) is 11.2. The van der Waals surface area contributed by atoms with Gasteiger partial charge in [0.15, 0.2) is 16.6 Å². The van der Waals surface area contributed by atoms with E-state index in [1.807, 2.05) is 6.26 Å². The number of furan rings is 1. The van der Waals surface area contributed by atoms with Crippen LogP contribution in [-0.4, -0.2) is 45.0 Å². The highest BCUT2D eigenvalue weighted by atomic mass is 32.2. The molecular formula is C17H22N6O2S. The first-order valence-corrected chi connectivity index (χ1v) is 9.64. The van der Waals surface area contributed by atoms with Crippen LogP contribution in [-0.2, 0) is 6.54 Å². The van der Waals surface area contributed by atoms with E-state index in [0.29, 0.717) is 29.9 Å². The molecule has 3 aromatic rings. The first kappa shape index (κ1) is 18.2. The van der Waals surface area contributed by atoms with Gasteiger partial charge in [0.2, 0.25) is 0 Å². The van der Waals surface area contributed by atoms with Gasteiger partial charge in [0.25, 0.3) is 5.91 Å². The van der Waals surface area contributed by atoms with Crippen LogP contribution in [0.3, 0.4) is 0 Å². The number of hydrogen-bond donors (Lipinski definition) is 2. The van der Waals surface area contributed by atoms with Crippen molar-refractivity contribution in [3.05, 3.63) is 30.4 Å². The fourth-order valence-electron chi connectivity index (χ4n) is 2.40. The van der Waals surface area contributed by atoms with Crippen LogP contribution in [0.25, 0.3) is 11.0 Å². The summed E-state index contributed by atoms with van der Waals surface area (Å²) in [7, 11) is 0. The molecule has 26 heavy (non-hydrogen) atoms. The van der Waals surface area contributed by atoms with Gasteiger partial charge < -0.3 is 15.1 Å². The molecule has 8 nitrogen and oxygen atoms in total. The minimum Gasteiger partial charge on any atom is -0.459 e. The lowest BCUT2D eigenvalue weighted by Crippen LogP contribution is -2.27. The van der Waals surface area contributed by atoms with Gasteiger partial charge in [-0.15, -0.1) is 0 Å². The predicted molar refractivity (Wildman–Crippen MR) is 101 cm³/mol. The van der Waals surface area contributed by atoms with Gasteiger partial charge in [-0.1, -0.05) is 25.6 Å². The second kappa shape index (κ2) is 8.22. The fraction of sp³-hybridized carbons (Fsp3) is 0.412. The summed E-state index contributed by atoms with van der Waals surface area (Å²) >= 11 is 1.49. The fourth-order valence-corrected chi connectivity index (χ4v) is 2.76. The summed E-state index contributed by atoms with van der Waals surface area (Å²) in [4.78, 5) is 21.1. The number of carbonyl (C=O) groups excluding carboxylic acids is 1. The Morgan fingerprint density at radius 2 is 2.23 bits per heavy atom. The number of fused-ring (bicyclic) bond motifs is 1. The summed E-state index contributed by atoms with van der Waals surface area (Å²) in [5.74, 6) is 1.34. The van der Waals surface area contributed by atoms with Crippen molar-refractivity contribution in [2.24, 2.45) is 5.92 Å². The van der Waals surface area contributed by atoms with Crippen molar-refractivity contribution in [1.29, 1.82) is 0 Å². The Hall–Kier alpha value is -2.55. The Bertz CT molecular complexity index is 875. The molecule has 0 aliphatic carbocycles. The third-order valence-corrected chi connectivity index (χ3v) is 4.24. The summed E-state index contributed by atoms with van der Waals surface area (Å²) in [6.07, 6.45) is 5.18. The van der Waals surface area contributed by atoms with Crippen LogP contribution in [0.1, 0.15) is 24.4 Å². The molecule has 138 valence electrons. The summed E-state index contributed by atoms with van der Waals surface area (Å²) in [5.41, 5.74) is 0.753. The van der Waals surface area contributed by atoms with Crippen molar-refractivity contribution in [2.75, 3.05) is 24.7 Å². The minimum atomic E-state index is -0.245. The van der Waals surface area contributed by atoms with Gasteiger partial charge in [-0.2, -0.15) is 5.10 Å². The molecule has 3 heterocycles. The molecule has 3 aromatic heterocycles. The Balaban J connectivity index is 1.74. The van der Waals surface area contributed by atoms with Crippen LogP contribution < -0.4 is 10.6 Å². The van der Waals surface area contributed by atoms with Crippen molar-refractivity contribution in [1.82, 2.24) is 25.1 Å². The second-order valence-electron chi connectivity index (χ2n) is 6.17. The molecule has 2 N–H and O–H groups in total. The number of aromatic nitrogens is 4. The zero-order chi connectivity index (χ0) is 18.5. The predicted octanol–water partition coefficient (Wildman–Crippen LogP) is 2.64. The molecule has 0 saturated carbocycles. The summed E-state index contributed by atoms with van der Waals surface area (Å²) in [5, 5.41) is 12.2. The third-order valence-electron chi connectivity index (χ3n) is 3.69. The zero-order valence-electron chi connectivity index (χ0n) is 15.0. The van der Waals surface area contributed by atoms with E-state index in [1.54, 1.807) is 23.0 Å². The van der Waals surface area contributed by atoms with Gasteiger partial charge in [0.1, 0.15) is 5.82 Å². The summed E-state index contributed by atoms with van der Waals surface area (Å²) in [6.45, 7) is 6.04. The average Bonchev–Trinajstić information content (AvgIpc) is 3.29. The van der Waals surface area contributed by atoms with Crippen LogP contribution in [0.4, 0.5) is 5.82 Å². The number of nitrogens with one attached hydrogen (secondary N) is 2.